The molecule has 1 heterocycles. The van der Waals surface area contributed by atoms with E-state index in [4.69, 9.17) is 63.8 Å². The highest BCUT2D eigenvalue weighted by molar-refractivity contribution is 6.08. The van der Waals surface area contributed by atoms with E-state index in [1.165, 1.54) is 95.0 Å². The Hall–Kier alpha value is -12.7. The van der Waals surface area contributed by atoms with E-state index in [0.29, 0.717) is 13.0 Å². The molecule has 1 aromatic heterocycles. The SMILES string of the molecule is COc1ccc(NC(=O)[C@@H](C)NC(=O)c2cc(NC(=O)[C@@H](CCCNC(=N)N)NC(=O)c3cc(NC(=O)[C@@H](CCCNC(=N)N)NC(=O)c4cc(NC(=O)[C@H](N)CCCNC(=N)N)ccc4OC)ccc3OC)ccc2OCC(=O)O)cc1C(=O)N[C@H](Cc1c[nH]c2ccccc12)C(N)=O. The minimum absolute atomic E-state index is 0.0154. The number of carbonyl (C=O) groups excluding carboxylic acids is 9. The zero-order valence-electron chi connectivity index (χ0n) is 55.0. The van der Waals surface area contributed by atoms with Crippen LogP contribution >= 0.6 is 0 Å². The van der Waals surface area contributed by atoms with Crippen LogP contribution in [0.1, 0.15) is 92.4 Å². The van der Waals surface area contributed by atoms with Gasteiger partial charge in [0.15, 0.2) is 24.5 Å². The van der Waals surface area contributed by atoms with Crippen molar-refractivity contribution in [1.29, 1.82) is 16.2 Å². The van der Waals surface area contributed by atoms with Crippen LogP contribution in [0, 0.1) is 16.2 Å². The number of H-pyrrole nitrogens is 1. The third-order valence-electron chi connectivity index (χ3n) is 15.0. The number of rotatable bonds is 37. The van der Waals surface area contributed by atoms with E-state index in [1.807, 2.05) is 24.3 Å². The molecule has 35 nitrogen and oxygen atoms in total. The molecule has 35 heteroatoms. The molecular weight excluding hydrogens is 1300 g/mol. The quantitative estimate of drug-likeness (QED) is 0.0145. The maximum Gasteiger partial charge on any atom is 0.341 e. The molecule has 0 aliphatic heterocycles. The molecule has 0 aliphatic carbocycles. The Morgan fingerprint density at radius 3 is 1.29 bits per heavy atom. The molecule has 5 atom stereocenters. The Kier molecular flexibility index (Phi) is 28.2. The predicted molar refractivity (Wildman–Crippen MR) is 370 cm³/mol. The van der Waals surface area contributed by atoms with E-state index in [-0.39, 0.29) is 137 Å². The van der Waals surface area contributed by atoms with Crippen LogP contribution < -0.4 is 106 Å². The summed E-state index contributed by atoms with van der Waals surface area (Å²) >= 11 is 0. The molecule has 6 rings (SSSR count). The third-order valence-corrected chi connectivity index (χ3v) is 15.0. The number of hydrogen-bond donors (Lipinski definition) is 21. The molecule has 0 bridgehead atoms. The molecule has 0 saturated heterocycles. The maximum atomic E-state index is 14.4. The maximum absolute atomic E-state index is 14.4. The molecule has 532 valence electrons. The molecule has 26 N–H and O–H groups in total. The number of carboxylic acids is 1. The van der Waals surface area contributed by atoms with E-state index in [2.05, 4.69) is 63.5 Å². The summed E-state index contributed by atoms with van der Waals surface area (Å²) in [6, 6.07) is 17.1. The third kappa shape index (κ3) is 22.7. The molecule has 0 spiro atoms. The number of carbonyl (C=O) groups is 10. The van der Waals surface area contributed by atoms with Gasteiger partial charge in [-0.05, 0) is 130 Å². The van der Waals surface area contributed by atoms with Crippen molar-refractivity contribution >= 4 is 111 Å². The fraction of sp³-hybridized carbons (Fsp3) is 0.308. The van der Waals surface area contributed by atoms with Gasteiger partial charge in [-0.1, -0.05) is 18.2 Å². The first-order valence-corrected chi connectivity index (χ1v) is 31.0. The molecule has 9 amide bonds. The number of guanidine groups is 3. The fourth-order valence-corrected chi connectivity index (χ4v) is 9.95. The van der Waals surface area contributed by atoms with Crippen LogP contribution in [0.4, 0.5) is 22.7 Å². The van der Waals surface area contributed by atoms with Crippen LogP contribution in [-0.4, -0.2) is 165 Å². The predicted octanol–water partition coefficient (Wildman–Crippen LogP) is 0.770. The highest BCUT2D eigenvalue weighted by atomic mass is 16.5. The smallest absolute Gasteiger partial charge is 0.341 e. The van der Waals surface area contributed by atoms with E-state index < -0.39 is 96.0 Å². The van der Waals surface area contributed by atoms with Gasteiger partial charge in [0.2, 0.25) is 29.5 Å². The van der Waals surface area contributed by atoms with Crippen molar-refractivity contribution in [2.75, 3.05) is 68.8 Å². The zero-order chi connectivity index (χ0) is 73.2. The Bertz CT molecular complexity index is 4030. The summed E-state index contributed by atoms with van der Waals surface area (Å²) in [4.78, 5) is 139. The van der Waals surface area contributed by atoms with Gasteiger partial charge in [0.1, 0.15) is 47.2 Å². The molecular formula is C65H82N20O15. The van der Waals surface area contributed by atoms with Crippen LogP contribution in [0.5, 0.6) is 23.0 Å². The van der Waals surface area contributed by atoms with Gasteiger partial charge in [0.05, 0.1) is 49.6 Å². The van der Waals surface area contributed by atoms with Crippen LogP contribution in [0.15, 0.2) is 103 Å². The number of nitrogens with two attached hydrogens (primary N) is 5. The van der Waals surface area contributed by atoms with E-state index in [0.717, 1.165) is 22.5 Å². The van der Waals surface area contributed by atoms with Crippen LogP contribution in [0.2, 0.25) is 0 Å². The standard InChI is InChI=1S/C65H82N20O15/c1-33(55(89)79-35-15-19-51(99-4)42(27-35)59(93)85-48(54(67)88)26-34-31-77-45-12-6-5-10-39(34)45)78-56(90)43-30-38(18-22-52(43)100-32-53(86)87)82-62(96)47(14-9-25-76-65(72)73)84-58(92)41-29-37(17-21-50(41)98-3)81-61(95)46(13-8-24-75-64(70)71)83-57(91)40-28-36(16-20-49(40)97-2)80-60(94)44(66)11-7-23-74-63(68)69/h5-6,10,12,15-22,27-31,33,44,46-48,77H,7-9,11,13-14,23-26,32,66H2,1-4H3,(H2,67,88)(H,78,90)(H,79,89)(H,80,94)(H,81,95)(H,82,96)(H,83,91)(H,84,92)(H,85,93)(H,86,87)(H4,68,69,74)(H4,70,71,75)(H4,72,73,76)/t33-,44-,46-,47-,48-/m1/s1. The number of methoxy groups -OCH3 is 3. The molecule has 100 heavy (non-hydrogen) atoms. The number of ether oxygens (including phenoxy) is 4. The second kappa shape index (κ2) is 37.0. The number of benzene rings is 5. The minimum atomic E-state index is -1.41. The molecule has 0 aliphatic rings. The molecule has 0 saturated carbocycles. The number of aromatic amines is 1. The monoisotopic (exact) mass is 1380 g/mol. The first kappa shape index (κ1) is 76.3. The van der Waals surface area contributed by atoms with E-state index >= 15 is 0 Å². The lowest BCUT2D eigenvalue weighted by Gasteiger charge is -2.22. The number of fused-ring (bicyclic) bond motifs is 1. The molecule has 0 unspecified atom stereocenters. The van der Waals surface area contributed by atoms with Gasteiger partial charge in [-0.2, -0.15) is 0 Å². The van der Waals surface area contributed by atoms with Gasteiger partial charge >= 0.3 is 5.97 Å². The number of aliphatic carboxylic acids is 1. The van der Waals surface area contributed by atoms with Crippen molar-refractivity contribution in [3.8, 4) is 23.0 Å². The topological polar surface area (TPSA) is 578 Å². The lowest BCUT2D eigenvalue weighted by atomic mass is 10.0. The average Bonchev–Trinajstić information content (AvgIpc) is 1.07. The largest absolute Gasteiger partial charge is 0.496 e. The molecule has 0 radical (unpaired) electrons. The van der Waals surface area contributed by atoms with Gasteiger partial charge in [0, 0.05) is 65.9 Å². The fourth-order valence-electron chi connectivity index (χ4n) is 9.95. The van der Waals surface area contributed by atoms with Gasteiger partial charge in [-0.3, -0.25) is 59.4 Å². The number of carboxylic acid groups (broad SMARTS) is 1. The Morgan fingerprint density at radius 2 is 0.870 bits per heavy atom. The summed E-state index contributed by atoms with van der Waals surface area (Å²) in [6.45, 7) is 0.914. The van der Waals surface area contributed by atoms with Crippen molar-refractivity contribution in [1.82, 2.24) is 42.2 Å². The second-order valence-electron chi connectivity index (χ2n) is 22.4. The van der Waals surface area contributed by atoms with Gasteiger partial charge < -0.3 is 116 Å². The summed E-state index contributed by atoms with van der Waals surface area (Å²) < 4.78 is 21.8. The lowest BCUT2D eigenvalue weighted by Crippen LogP contribution is -2.46. The summed E-state index contributed by atoms with van der Waals surface area (Å²) in [7, 11) is 3.89. The minimum Gasteiger partial charge on any atom is -0.496 e. The van der Waals surface area contributed by atoms with Crippen molar-refractivity contribution in [2.45, 2.75) is 82.1 Å². The van der Waals surface area contributed by atoms with Gasteiger partial charge in [-0.25, -0.2) is 4.79 Å². The number of aromatic nitrogens is 1. The highest BCUT2D eigenvalue weighted by Gasteiger charge is 2.30. The van der Waals surface area contributed by atoms with Crippen molar-refractivity contribution in [3.05, 3.63) is 131 Å². The van der Waals surface area contributed by atoms with Crippen molar-refractivity contribution in [2.24, 2.45) is 28.7 Å². The summed E-state index contributed by atoms with van der Waals surface area (Å²) in [5, 5.41) is 61.8. The second-order valence-corrected chi connectivity index (χ2v) is 22.4. The van der Waals surface area contributed by atoms with Crippen molar-refractivity contribution in [3.63, 3.8) is 0 Å². The van der Waals surface area contributed by atoms with Gasteiger partial charge in [-0.15, -0.1) is 0 Å². The number of primary amides is 1. The highest BCUT2D eigenvalue weighted by Crippen LogP contribution is 2.29. The number of para-hydroxylation sites is 1. The molecule has 5 aromatic carbocycles. The van der Waals surface area contributed by atoms with Crippen LogP contribution in [0.3, 0.4) is 0 Å². The number of hydrogen-bond acceptors (Lipinski definition) is 18. The zero-order valence-corrected chi connectivity index (χ0v) is 55.0. The number of anilines is 4. The van der Waals surface area contributed by atoms with Gasteiger partial charge in [0.25, 0.3) is 23.6 Å². The number of amides is 9. The van der Waals surface area contributed by atoms with E-state index in [1.54, 1.807) is 6.20 Å². The first-order valence-electron chi connectivity index (χ1n) is 31.0. The average molecular weight is 1380 g/mol. The molecule has 0 fully saturated rings. The number of nitrogens with one attached hydrogen (secondary N) is 15. The lowest BCUT2D eigenvalue weighted by molar-refractivity contribution is -0.139. The Morgan fingerprint density at radius 1 is 0.490 bits per heavy atom. The normalized spacial score (nSPS) is 12.2. The Balaban J connectivity index is 1.18. The van der Waals surface area contributed by atoms with E-state index in [9.17, 15) is 53.1 Å². The first-order chi connectivity index (χ1) is 47.7. The van der Waals surface area contributed by atoms with Crippen LogP contribution in [0.25, 0.3) is 10.9 Å². The Labute approximate surface area is 572 Å². The summed E-state index contributed by atoms with van der Waals surface area (Å²) in [6.07, 6.45) is 2.60. The van der Waals surface area contributed by atoms with Crippen LogP contribution in [-0.2, 0) is 35.2 Å². The van der Waals surface area contributed by atoms with Crippen molar-refractivity contribution < 1.29 is 72.0 Å². The molecule has 6 aromatic rings. The summed E-state index contributed by atoms with van der Waals surface area (Å²) in [5.41, 5.74) is 29.2. The summed E-state index contributed by atoms with van der Waals surface area (Å²) in [5.74, 6) is -9.75.